The lowest BCUT2D eigenvalue weighted by Gasteiger charge is -2.07. The van der Waals surface area contributed by atoms with Gasteiger partial charge in [0.25, 0.3) is 0 Å². The van der Waals surface area contributed by atoms with E-state index in [0.29, 0.717) is 18.9 Å². The summed E-state index contributed by atoms with van der Waals surface area (Å²) in [5, 5.41) is 8.97. The van der Waals surface area contributed by atoms with Crippen LogP contribution in [0.4, 0.5) is 10.8 Å². The second-order valence-corrected chi connectivity index (χ2v) is 6.29. The van der Waals surface area contributed by atoms with Gasteiger partial charge >= 0.3 is 0 Å². The van der Waals surface area contributed by atoms with Crippen molar-refractivity contribution in [2.45, 2.75) is 20.3 Å². The number of benzene rings is 1. The van der Waals surface area contributed by atoms with Crippen molar-refractivity contribution in [1.82, 2.24) is 4.98 Å². The van der Waals surface area contributed by atoms with E-state index in [1.54, 1.807) is 17.4 Å². The van der Waals surface area contributed by atoms with E-state index in [2.05, 4.69) is 22.2 Å². The van der Waals surface area contributed by atoms with Crippen molar-refractivity contribution in [1.29, 1.82) is 0 Å². The molecule has 116 valence electrons. The number of aromatic nitrogens is 1. The van der Waals surface area contributed by atoms with E-state index < -0.39 is 0 Å². The van der Waals surface area contributed by atoms with E-state index in [0.717, 1.165) is 22.1 Å². The summed E-state index contributed by atoms with van der Waals surface area (Å²) in [6.07, 6.45) is 2.34. The number of anilines is 2. The van der Waals surface area contributed by atoms with Crippen molar-refractivity contribution >= 4 is 28.1 Å². The fraction of sp³-hybridized carbons (Fsp3) is 0.294. The third kappa shape index (κ3) is 4.70. The van der Waals surface area contributed by atoms with Gasteiger partial charge in [-0.3, -0.25) is 4.79 Å². The smallest absolute Gasteiger partial charge is 0.224 e. The van der Waals surface area contributed by atoms with Gasteiger partial charge in [-0.15, -0.1) is 17.9 Å². The van der Waals surface area contributed by atoms with Crippen LogP contribution in [-0.2, 0) is 4.79 Å². The van der Waals surface area contributed by atoms with Gasteiger partial charge in [0.1, 0.15) is 0 Å². The minimum absolute atomic E-state index is 0.0484. The molecule has 5 heteroatoms. The summed E-state index contributed by atoms with van der Waals surface area (Å²) < 4.78 is 0. The second kappa shape index (κ2) is 7.75. The van der Waals surface area contributed by atoms with Crippen molar-refractivity contribution in [3.05, 3.63) is 42.3 Å². The van der Waals surface area contributed by atoms with Crippen LogP contribution < -0.4 is 10.6 Å². The van der Waals surface area contributed by atoms with E-state index in [1.165, 1.54) is 0 Å². The van der Waals surface area contributed by atoms with Crippen LogP contribution in [0.25, 0.3) is 11.3 Å². The van der Waals surface area contributed by atoms with E-state index in [-0.39, 0.29) is 5.91 Å². The number of nitrogens with one attached hydrogen (secondary N) is 2. The van der Waals surface area contributed by atoms with Gasteiger partial charge in [-0.1, -0.05) is 32.1 Å². The third-order valence-corrected chi connectivity index (χ3v) is 3.76. The molecular formula is C17H21N3OS. The molecule has 0 aliphatic carbocycles. The first-order valence-corrected chi connectivity index (χ1v) is 8.17. The molecule has 22 heavy (non-hydrogen) atoms. The molecule has 0 atom stereocenters. The first-order valence-electron chi connectivity index (χ1n) is 7.29. The molecular weight excluding hydrogens is 294 g/mol. The van der Waals surface area contributed by atoms with Crippen molar-refractivity contribution < 1.29 is 4.79 Å². The Morgan fingerprint density at radius 1 is 1.36 bits per heavy atom. The average molecular weight is 315 g/mol. The van der Waals surface area contributed by atoms with Crippen LogP contribution in [0.15, 0.2) is 42.3 Å². The lowest BCUT2D eigenvalue weighted by molar-refractivity contribution is -0.116. The van der Waals surface area contributed by atoms with Gasteiger partial charge in [0.15, 0.2) is 5.13 Å². The molecule has 0 bridgehead atoms. The predicted octanol–water partition coefficient (Wildman–Crippen LogP) is 4.39. The Morgan fingerprint density at radius 2 is 2.09 bits per heavy atom. The summed E-state index contributed by atoms with van der Waals surface area (Å²) in [4.78, 5) is 16.3. The number of carbonyl (C=O) groups excluding carboxylic acids is 1. The normalized spacial score (nSPS) is 10.5. The quantitative estimate of drug-likeness (QED) is 0.745. The Hall–Kier alpha value is -2.14. The van der Waals surface area contributed by atoms with Crippen LogP contribution in [0, 0.1) is 5.92 Å². The second-order valence-electron chi connectivity index (χ2n) is 5.43. The molecule has 0 aliphatic heterocycles. The first-order chi connectivity index (χ1) is 10.6. The zero-order valence-electron chi connectivity index (χ0n) is 12.9. The van der Waals surface area contributed by atoms with Crippen LogP contribution >= 0.6 is 11.3 Å². The highest BCUT2D eigenvalue weighted by Crippen LogP contribution is 2.26. The van der Waals surface area contributed by atoms with E-state index in [1.807, 2.05) is 43.5 Å². The topological polar surface area (TPSA) is 54.0 Å². The van der Waals surface area contributed by atoms with Gasteiger partial charge in [0.2, 0.25) is 5.91 Å². The SMILES string of the molecule is C=CCNc1nc(-c2ccc(NC(=O)CC(C)C)cc2)cs1. The largest absolute Gasteiger partial charge is 0.358 e. The Morgan fingerprint density at radius 3 is 2.73 bits per heavy atom. The molecule has 0 radical (unpaired) electrons. The van der Waals surface area contributed by atoms with Crippen molar-refractivity contribution in [3.63, 3.8) is 0 Å². The summed E-state index contributed by atoms with van der Waals surface area (Å²) in [7, 11) is 0. The summed E-state index contributed by atoms with van der Waals surface area (Å²) in [6.45, 7) is 8.44. The van der Waals surface area contributed by atoms with Crippen LogP contribution in [-0.4, -0.2) is 17.4 Å². The average Bonchev–Trinajstić information content (AvgIpc) is 2.94. The number of hydrogen-bond donors (Lipinski definition) is 2. The van der Waals surface area contributed by atoms with Gasteiger partial charge in [-0.05, 0) is 18.1 Å². The van der Waals surface area contributed by atoms with Gasteiger partial charge in [-0.25, -0.2) is 4.98 Å². The Kier molecular flexibility index (Phi) is 5.72. The monoisotopic (exact) mass is 315 g/mol. The standard InChI is InChI=1S/C17H21N3OS/c1-4-9-18-17-20-15(11-22-17)13-5-7-14(8-6-13)19-16(21)10-12(2)3/h4-8,11-12H,1,9-10H2,2-3H3,(H,18,20)(H,19,21). The van der Waals surface area contributed by atoms with Crippen LogP contribution in [0.3, 0.4) is 0 Å². The molecule has 1 heterocycles. The maximum absolute atomic E-state index is 11.7. The molecule has 2 N–H and O–H groups in total. The lowest BCUT2D eigenvalue weighted by Crippen LogP contribution is -2.13. The number of rotatable bonds is 7. The number of hydrogen-bond acceptors (Lipinski definition) is 4. The highest BCUT2D eigenvalue weighted by atomic mass is 32.1. The summed E-state index contributed by atoms with van der Waals surface area (Å²) in [5.41, 5.74) is 2.77. The minimum atomic E-state index is 0.0484. The fourth-order valence-electron chi connectivity index (χ4n) is 1.95. The number of amides is 1. The lowest BCUT2D eigenvalue weighted by atomic mass is 10.1. The zero-order chi connectivity index (χ0) is 15.9. The molecule has 0 saturated heterocycles. The van der Waals surface area contributed by atoms with Crippen molar-refractivity contribution in [2.75, 3.05) is 17.2 Å². The van der Waals surface area contributed by atoms with Crippen LogP contribution in [0.5, 0.6) is 0 Å². The molecule has 0 saturated carbocycles. The van der Waals surface area contributed by atoms with E-state index >= 15 is 0 Å². The Balaban J connectivity index is 2.00. The summed E-state index contributed by atoms with van der Waals surface area (Å²) in [5.74, 6) is 0.406. The maximum Gasteiger partial charge on any atom is 0.224 e. The maximum atomic E-state index is 11.7. The molecule has 0 unspecified atom stereocenters. The molecule has 1 aromatic carbocycles. The molecule has 0 spiro atoms. The Bertz CT molecular complexity index is 632. The third-order valence-electron chi connectivity index (χ3n) is 2.96. The van der Waals surface area contributed by atoms with Crippen LogP contribution in [0.1, 0.15) is 20.3 Å². The number of thiazole rings is 1. The number of nitrogens with zero attached hydrogens (tertiary/aromatic N) is 1. The molecule has 2 aromatic rings. The fourth-order valence-corrected chi connectivity index (χ4v) is 2.68. The predicted molar refractivity (Wildman–Crippen MR) is 94.3 cm³/mol. The van der Waals surface area contributed by atoms with Crippen LogP contribution in [0.2, 0.25) is 0 Å². The molecule has 2 rings (SSSR count). The van der Waals surface area contributed by atoms with E-state index in [4.69, 9.17) is 0 Å². The molecule has 1 aromatic heterocycles. The minimum Gasteiger partial charge on any atom is -0.358 e. The highest BCUT2D eigenvalue weighted by molar-refractivity contribution is 7.14. The number of carbonyl (C=O) groups is 1. The highest BCUT2D eigenvalue weighted by Gasteiger charge is 2.07. The van der Waals surface area contributed by atoms with Crippen molar-refractivity contribution in [3.8, 4) is 11.3 Å². The van der Waals surface area contributed by atoms with E-state index in [9.17, 15) is 4.79 Å². The molecule has 0 fully saturated rings. The van der Waals surface area contributed by atoms with Gasteiger partial charge in [0.05, 0.1) is 5.69 Å². The molecule has 0 aliphatic rings. The van der Waals surface area contributed by atoms with Gasteiger partial charge < -0.3 is 10.6 Å². The molecule has 4 nitrogen and oxygen atoms in total. The summed E-state index contributed by atoms with van der Waals surface area (Å²) >= 11 is 1.57. The molecule has 1 amide bonds. The van der Waals surface area contributed by atoms with Crippen molar-refractivity contribution in [2.24, 2.45) is 5.92 Å². The zero-order valence-corrected chi connectivity index (χ0v) is 13.7. The summed E-state index contributed by atoms with van der Waals surface area (Å²) in [6, 6.07) is 7.75. The Labute approximate surface area is 135 Å². The first kappa shape index (κ1) is 16.2. The van der Waals surface area contributed by atoms with Gasteiger partial charge in [-0.2, -0.15) is 0 Å². The van der Waals surface area contributed by atoms with Gasteiger partial charge in [0, 0.05) is 29.6 Å².